The van der Waals surface area contributed by atoms with Crippen molar-refractivity contribution in [3.05, 3.63) is 35.4 Å². The van der Waals surface area contributed by atoms with Crippen molar-refractivity contribution in [2.24, 2.45) is 4.99 Å². The van der Waals surface area contributed by atoms with E-state index in [9.17, 15) is 0 Å². The molecule has 1 N–H and O–H groups in total. The lowest BCUT2D eigenvalue weighted by atomic mass is 10.0. The predicted molar refractivity (Wildman–Crippen MR) is 120 cm³/mol. The van der Waals surface area contributed by atoms with Crippen LogP contribution in [0.3, 0.4) is 0 Å². The Balaban J connectivity index is 1.38. The lowest BCUT2D eigenvalue weighted by Crippen LogP contribution is -2.48. The van der Waals surface area contributed by atoms with Gasteiger partial charge in [-0.2, -0.15) is 0 Å². The maximum absolute atomic E-state index is 5.59. The number of likely N-dealkylation sites (tertiary alicyclic amines) is 1. The summed E-state index contributed by atoms with van der Waals surface area (Å²) in [5.41, 5.74) is 2.66. The standard InChI is InChI=1S/C23H37N5O2/c1-19-3-5-20(6-4-19)22(27-11-15-30-16-12-27)17-25-23(24-2)28-8-7-21(18-28)26-9-13-29-14-10-26/h3-6,21-22H,7-18H2,1-2H3,(H,24,25). The minimum atomic E-state index is 0.323. The van der Waals surface area contributed by atoms with Gasteiger partial charge < -0.3 is 19.7 Å². The molecular weight excluding hydrogens is 378 g/mol. The molecule has 0 saturated carbocycles. The smallest absolute Gasteiger partial charge is 0.193 e. The predicted octanol–water partition coefficient (Wildman–Crippen LogP) is 1.35. The molecule has 166 valence electrons. The van der Waals surface area contributed by atoms with Gasteiger partial charge in [-0.25, -0.2) is 0 Å². The normalized spacial score (nSPS) is 25.5. The summed E-state index contributed by atoms with van der Waals surface area (Å²) in [6.45, 7) is 12.5. The average molecular weight is 416 g/mol. The molecule has 3 fully saturated rings. The molecule has 7 nitrogen and oxygen atoms in total. The van der Waals surface area contributed by atoms with Crippen molar-refractivity contribution in [3.8, 4) is 0 Å². The molecule has 0 amide bonds. The molecular formula is C23H37N5O2. The minimum Gasteiger partial charge on any atom is -0.379 e. The molecule has 7 heteroatoms. The zero-order chi connectivity index (χ0) is 20.8. The summed E-state index contributed by atoms with van der Waals surface area (Å²) in [5, 5.41) is 3.70. The molecule has 4 rings (SSSR count). The van der Waals surface area contributed by atoms with E-state index < -0.39 is 0 Å². The second kappa shape index (κ2) is 10.6. The van der Waals surface area contributed by atoms with E-state index in [-0.39, 0.29) is 0 Å². The van der Waals surface area contributed by atoms with E-state index in [1.54, 1.807) is 0 Å². The fourth-order valence-corrected chi connectivity index (χ4v) is 4.83. The van der Waals surface area contributed by atoms with Crippen LogP contribution in [-0.4, -0.2) is 106 Å². The van der Waals surface area contributed by atoms with Gasteiger partial charge in [-0.3, -0.25) is 14.8 Å². The third kappa shape index (κ3) is 5.32. The number of hydrogen-bond acceptors (Lipinski definition) is 5. The van der Waals surface area contributed by atoms with Crippen LogP contribution >= 0.6 is 0 Å². The summed E-state index contributed by atoms with van der Waals surface area (Å²) in [7, 11) is 1.90. The topological polar surface area (TPSA) is 52.6 Å². The molecule has 2 unspecified atom stereocenters. The van der Waals surface area contributed by atoms with E-state index in [2.05, 4.69) is 56.2 Å². The maximum atomic E-state index is 5.59. The van der Waals surface area contributed by atoms with Crippen molar-refractivity contribution in [1.29, 1.82) is 0 Å². The minimum absolute atomic E-state index is 0.323. The number of nitrogens with one attached hydrogen (secondary N) is 1. The fourth-order valence-electron chi connectivity index (χ4n) is 4.83. The molecule has 1 aromatic carbocycles. The Hall–Kier alpha value is -1.67. The van der Waals surface area contributed by atoms with E-state index in [1.165, 1.54) is 17.5 Å². The van der Waals surface area contributed by atoms with Crippen LogP contribution in [0.4, 0.5) is 0 Å². The molecule has 0 spiro atoms. The SMILES string of the molecule is CN=C(NCC(c1ccc(C)cc1)N1CCOCC1)N1CCC(N2CCOCC2)C1. The van der Waals surface area contributed by atoms with Gasteiger partial charge in [0.05, 0.1) is 32.5 Å². The summed E-state index contributed by atoms with van der Waals surface area (Å²) in [6.07, 6.45) is 1.20. The van der Waals surface area contributed by atoms with Gasteiger partial charge in [-0.1, -0.05) is 29.8 Å². The number of nitrogens with zero attached hydrogens (tertiary/aromatic N) is 4. The molecule has 0 aliphatic carbocycles. The highest BCUT2D eigenvalue weighted by Crippen LogP contribution is 2.22. The highest BCUT2D eigenvalue weighted by Gasteiger charge is 2.31. The molecule has 3 aliphatic heterocycles. The average Bonchev–Trinajstić information content (AvgIpc) is 3.29. The van der Waals surface area contributed by atoms with Crippen LogP contribution in [0, 0.1) is 6.92 Å². The highest BCUT2D eigenvalue weighted by molar-refractivity contribution is 5.80. The zero-order valence-electron chi connectivity index (χ0n) is 18.6. The van der Waals surface area contributed by atoms with Crippen molar-refractivity contribution >= 4 is 5.96 Å². The van der Waals surface area contributed by atoms with Crippen molar-refractivity contribution in [3.63, 3.8) is 0 Å². The van der Waals surface area contributed by atoms with Crippen LogP contribution in [0.25, 0.3) is 0 Å². The quantitative estimate of drug-likeness (QED) is 0.579. The first-order valence-corrected chi connectivity index (χ1v) is 11.4. The third-order valence-electron chi connectivity index (χ3n) is 6.64. The number of hydrogen-bond donors (Lipinski definition) is 1. The summed E-state index contributed by atoms with van der Waals surface area (Å²) in [6, 6.07) is 9.90. The van der Waals surface area contributed by atoms with Gasteiger partial charge in [0.1, 0.15) is 0 Å². The van der Waals surface area contributed by atoms with E-state index in [0.29, 0.717) is 12.1 Å². The number of ether oxygens (including phenoxy) is 2. The van der Waals surface area contributed by atoms with E-state index in [0.717, 1.165) is 78.2 Å². The van der Waals surface area contributed by atoms with E-state index in [4.69, 9.17) is 9.47 Å². The summed E-state index contributed by atoms with van der Waals surface area (Å²) < 4.78 is 11.1. The van der Waals surface area contributed by atoms with Crippen LogP contribution in [-0.2, 0) is 9.47 Å². The molecule has 30 heavy (non-hydrogen) atoms. The lowest BCUT2D eigenvalue weighted by molar-refractivity contribution is 0.0167. The van der Waals surface area contributed by atoms with Crippen molar-refractivity contribution in [1.82, 2.24) is 20.0 Å². The van der Waals surface area contributed by atoms with Crippen LogP contribution in [0.1, 0.15) is 23.6 Å². The molecule has 3 aliphatic rings. The van der Waals surface area contributed by atoms with Crippen molar-refractivity contribution < 1.29 is 9.47 Å². The lowest BCUT2D eigenvalue weighted by Gasteiger charge is -2.36. The second-order valence-corrected chi connectivity index (χ2v) is 8.54. The number of aryl methyl sites for hydroxylation is 1. The van der Waals surface area contributed by atoms with Crippen molar-refractivity contribution in [2.75, 3.05) is 79.3 Å². The Labute approximate surface area is 181 Å². The number of guanidine groups is 1. The van der Waals surface area contributed by atoms with Gasteiger partial charge in [-0.05, 0) is 18.9 Å². The number of rotatable bonds is 5. The zero-order valence-corrected chi connectivity index (χ0v) is 18.6. The van der Waals surface area contributed by atoms with Crippen LogP contribution < -0.4 is 5.32 Å². The van der Waals surface area contributed by atoms with Gasteiger partial charge in [0, 0.05) is 58.9 Å². The molecule has 0 aromatic heterocycles. The Kier molecular flexibility index (Phi) is 7.60. The molecule has 0 bridgehead atoms. The first-order chi connectivity index (χ1) is 14.7. The van der Waals surface area contributed by atoms with E-state index >= 15 is 0 Å². The first kappa shape index (κ1) is 21.6. The molecule has 3 saturated heterocycles. The first-order valence-electron chi connectivity index (χ1n) is 11.4. The third-order valence-corrected chi connectivity index (χ3v) is 6.64. The highest BCUT2D eigenvalue weighted by atomic mass is 16.5. The monoisotopic (exact) mass is 415 g/mol. The van der Waals surface area contributed by atoms with Crippen LogP contribution in [0.15, 0.2) is 29.3 Å². The Bertz CT molecular complexity index is 683. The van der Waals surface area contributed by atoms with E-state index in [1.807, 2.05) is 7.05 Å². The summed E-state index contributed by atoms with van der Waals surface area (Å²) in [4.78, 5) is 12.2. The molecule has 3 heterocycles. The number of aliphatic imine (C=N–C) groups is 1. The second-order valence-electron chi connectivity index (χ2n) is 8.54. The summed E-state index contributed by atoms with van der Waals surface area (Å²) >= 11 is 0. The molecule has 1 aromatic rings. The van der Waals surface area contributed by atoms with Gasteiger partial charge in [0.25, 0.3) is 0 Å². The molecule has 0 radical (unpaired) electrons. The Morgan fingerprint density at radius 1 is 1.03 bits per heavy atom. The largest absolute Gasteiger partial charge is 0.379 e. The Morgan fingerprint density at radius 2 is 1.70 bits per heavy atom. The van der Waals surface area contributed by atoms with Crippen molar-refractivity contribution in [2.45, 2.75) is 25.4 Å². The van der Waals surface area contributed by atoms with Crippen LogP contribution in [0.2, 0.25) is 0 Å². The van der Waals surface area contributed by atoms with Gasteiger partial charge in [0.15, 0.2) is 5.96 Å². The molecule has 2 atom stereocenters. The fraction of sp³-hybridized carbons (Fsp3) is 0.696. The Morgan fingerprint density at radius 3 is 2.37 bits per heavy atom. The van der Waals surface area contributed by atoms with Crippen LogP contribution in [0.5, 0.6) is 0 Å². The van der Waals surface area contributed by atoms with Gasteiger partial charge in [-0.15, -0.1) is 0 Å². The number of morpholine rings is 2. The summed E-state index contributed by atoms with van der Waals surface area (Å²) in [5.74, 6) is 1.02. The van der Waals surface area contributed by atoms with Gasteiger partial charge in [0.2, 0.25) is 0 Å². The number of benzene rings is 1. The van der Waals surface area contributed by atoms with Gasteiger partial charge >= 0.3 is 0 Å². The maximum Gasteiger partial charge on any atom is 0.193 e.